The minimum absolute atomic E-state index is 0.690. The standard InChI is InChI=1S/C13H17N5/c14-9-10(11-5-1-3-7-15-11)13-17-16-12-6-2-4-8-18(12)13/h15H,1-8H2. The molecular weight excluding hydrogens is 226 g/mol. The first-order valence-corrected chi connectivity index (χ1v) is 6.69. The fourth-order valence-corrected chi connectivity index (χ4v) is 2.71. The highest BCUT2D eigenvalue weighted by Crippen LogP contribution is 2.24. The Bertz CT molecular complexity index is 512. The van der Waals surface area contributed by atoms with Crippen molar-refractivity contribution in [3.05, 3.63) is 17.3 Å². The Morgan fingerprint density at radius 2 is 2.06 bits per heavy atom. The lowest BCUT2D eigenvalue weighted by Gasteiger charge is -2.19. The van der Waals surface area contributed by atoms with Crippen LogP contribution in [0.5, 0.6) is 0 Å². The van der Waals surface area contributed by atoms with E-state index in [1.807, 2.05) is 0 Å². The van der Waals surface area contributed by atoms with Gasteiger partial charge >= 0.3 is 0 Å². The van der Waals surface area contributed by atoms with E-state index in [4.69, 9.17) is 0 Å². The van der Waals surface area contributed by atoms with Crippen molar-refractivity contribution in [1.29, 1.82) is 5.26 Å². The molecule has 1 N–H and O–H groups in total. The van der Waals surface area contributed by atoms with Crippen molar-refractivity contribution in [3.8, 4) is 6.07 Å². The smallest absolute Gasteiger partial charge is 0.176 e. The van der Waals surface area contributed by atoms with E-state index in [1.165, 1.54) is 12.8 Å². The first-order valence-electron chi connectivity index (χ1n) is 6.69. The third-order valence-corrected chi connectivity index (χ3v) is 3.69. The summed E-state index contributed by atoms with van der Waals surface area (Å²) >= 11 is 0. The lowest BCUT2D eigenvalue weighted by molar-refractivity contribution is 0.518. The number of hydrogen-bond donors (Lipinski definition) is 1. The molecule has 5 nitrogen and oxygen atoms in total. The van der Waals surface area contributed by atoms with Gasteiger partial charge in [-0.25, -0.2) is 0 Å². The Kier molecular flexibility index (Phi) is 3.01. The quantitative estimate of drug-likeness (QED) is 0.761. The van der Waals surface area contributed by atoms with E-state index in [1.54, 1.807) is 0 Å². The van der Waals surface area contributed by atoms with Crippen LogP contribution in [0.1, 0.15) is 43.8 Å². The molecule has 1 fully saturated rings. The van der Waals surface area contributed by atoms with E-state index >= 15 is 0 Å². The monoisotopic (exact) mass is 243 g/mol. The zero-order valence-corrected chi connectivity index (χ0v) is 10.4. The number of fused-ring (bicyclic) bond motifs is 1. The molecule has 0 radical (unpaired) electrons. The zero-order valence-electron chi connectivity index (χ0n) is 10.4. The molecule has 0 amide bonds. The molecule has 3 rings (SSSR count). The largest absolute Gasteiger partial charge is 0.387 e. The number of rotatable bonds is 1. The van der Waals surface area contributed by atoms with Gasteiger partial charge in [-0.2, -0.15) is 5.26 Å². The maximum Gasteiger partial charge on any atom is 0.176 e. The predicted octanol–water partition coefficient (Wildman–Crippen LogP) is 1.62. The fourth-order valence-electron chi connectivity index (χ4n) is 2.71. The molecule has 2 aliphatic heterocycles. The Morgan fingerprint density at radius 3 is 2.83 bits per heavy atom. The third kappa shape index (κ3) is 1.88. The molecule has 1 aromatic heterocycles. The average Bonchev–Trinajstić information content (AvgIpc) is 2.85. The van der Waals surface area contributed by atoms with Crippen molar-refractivity contribution < 1.29 is 0 Å². The van der Waals surface area contributed by atoms with E-state index < -0.39 is 0 Å². The number of hydrogen-bond acceptors (Lipinski definition) is 4. The molecule has 0 bridgehead atoms. The highest BCUT2D eigenvalue weighted by molar-refractivity contribution is 5.75. The summed E-state index contributed by atoms with van der Waals surface area (Å²) < 4.78 is 2.12. The SMILES string of the molecule is N#CC(=C1CCCCN1)c1nnc2n1CCCC2. The summed E-state index contributed by atoms with van der Waals surface area (Å²) in [6.07, 6.45) is 6.59. The molecule has 2 aliphatic rings. The van der Waals surface area contributed by atoms with Crippen LogP contribution in [0.4, 0.5) is 0 Å². The lowest BCUT2D eigenvalue weighted by atomic mass is 10.0. The normalized spacial score (nSPS) is 21.7. The minimum atomic E-state index is 0.690. The maximum absolute atomic E-state index is 9.42. The maximum atomic E-state index is 9.42. The number of aryl methyl sites for hydroxylation is 1. The van der Waals surface area contributed by atoms with Crippen LogP contribution in [-0.4, -0.2) is 21.3 Å². The van der Waals surface area contributed by atoms with E-state index in [0.29, 0.717) is 5.57 Å². The van der Waals surface area contributed by atoms with Crippen molar-refractivity contribution >= 4 is 5.57 Å². The molecule has 0 aromatic carbocycles. The second-order valence-electron chi connectivity index (χ2n) is 4.90. The summed E-state index contributed by atoms with van der Waals surface area (Å²) in [5.41, 5.74) is 1.74. The Labute approximate surface area is 107 Å². The van der Waals surface area contributed by atoms with Crippen molar-refractivity contribution in [2.24, 2.45) is 0 Å². The average molecular weight is 243 g/mol. The highest BCUT2D eigenvalue weighted by Gasteiger charge is 2.21. The summed E-state index contributed by atoms with van der Waals surface area (Å²) in [7, 11) is 0. The molecule has 0 unspecified atom stereocenters. The van der Waals surface area contributed by atoms with Crippen LogP contribution in [0.25, 0.3) is 5.57 Å². The number of nitrogens with zero attached hydrogens (tertiary/aromatic N) is 4. The Balaban J connectivity index is 2.02. The van der Waals surface area contributed by atoms with Gasteiger partial charge in [0.25, 0.3) is 0 Å². The highest BCUT2D eigenvalue weighted by atomic mass is 15.3. The fraction of sp³-hybridized carbons (Fsp3) is 0.615. The minimum Gasteiger partial charge on any atom is -0.387 e. The predicted molar refractivity (Wildman–Crippen MR) is 67.3 cm³/mol. The van der Waals surface area contributed by atoms with E-state index in [2.05, 4.69) is 26.2 Å². The van der Waals surface area contributed by atoms with Gasteiger partial charge in [0.15, 0.2) is 5.82 Å². The van der Waals surface area contributed by atoms with Gasteiger partial charge in [-0.15, -0.1) is 10.2 Å². The van der Waals surface area contributed by atoms with Gasteiger partial charge in [0, 0.05) is 25.2 Å². The zero-order chi connectivity index (χ0) is 12.4. The van der Waals surface area contributed by atoms with Gasteiger partial charge in [0.1, 0.15) is 17.5 Å². The molecule has 94 valence electrons. The summed E-state index contributed by atoms with van der Waals surface area (Å²) in [5, 5.41) is 21.2. The second-order valence-corrected chi connectivity index (χ2v) is 4.90. The number of aromatic nitrogens is 3. The van der Waals surface area contributed by atoms with Gasteiger partial charge in [-0.05, 0) is 32.1 Å². The molecule has 1 saturated heterocycles. The van der Waals surface area contributed by atoms with Crippen molar-refractivity contribution in [2.75, 3.05) is 6.54 Å². The van der Waals surface area contributed by atoms with Crippen LogP contribution in [0.2, 0.25) is 0 Å². The molecule has 0 saturated carbocycles. The van der Waals surface area contributed by atoms with Crippen LogP contribution in [0, 0.1) is 11.3 Å². The van der Waals surface area contributed by atoms with Gasteiger partial charge in [0.05, 0.1) is 0 Å². The van der Waals surface area contributed by atoms with Gasteiger partial charge in [-0.1, -0.05) is 0 Å². The lowest BCUT2D eigenvalue weighted by Crippen LogP contribution is -2.22. The molecule has 0 atom stereocenters. The first-order chi connectivity index (χ1) is 8.90. The van der Waals surface area contributed by atoms with Crippen LogP contribution in [-0.2, 0) is 13.0 Å². The first kappa shape index (κ1) is 11.3. The molecule has 1 aromatic rings. The molecule has 3 heterocycles. The Hall–Kier alpha value is -1.83. The van der Waals surface area contributed by atoms with E-state index in [-0.39, 0.29) is 0 Å². The van der Waals surface area contributed by atoms with Gasteiger partial charge in [0.2, 0.25) is 0 Å². The van der Waals surface area contributed by atoms with Crippen LogP contribution in [0.15, 0.2) is 5.70 Å². The second kappa shape index (κ2) is 4.81. The molecular formula is C13H17N5. The van der Waals surface area contributed by atoms with Crippen LogP contribution in [0.3, 0.4) is 0 Å². The summed E-state index contributed by atoms with van der Waals surface area (Å²) in [6.45, 7) is 1.90. The van der Waals surface area contributed by atoms with Crippen LogP contribution >= 0.6 is 0 Å². The topological polar surface area (TPSA) is 66.5 Å². The molecule has 0 spiro atoms. The van der Waals surface area contributed by atoms with Gasteiger partial charge in [-0.3, -0.25) is 0 Å². The summed E-state index contributed by atoms with van der Waals surface area (Å²) in [6, 6.07) is 2.32. The van der Waals surface area contributed by atoms with Crippen molar-refractivity contribution in [2.45, 2.75) is 45.1 Å². The molecule has 18 heavy (non-hydrogen) atoms. The third-order valence-electron chi connectivity index (χ3n) is 3.69. The molecule has 0 aliphatic carbocycles. The van der Waals surface area contributed by atoms with Crippen LogP contribution < -0.4 is 5.32 Å². The number of nitriles is 1. The van der Waals surface area contributed by atoms with E-state index in [9.17, 15) is 5.26 Å². The van der Waals surface area contributed by atoms with Crippen molar-refractivity contribution in [1.82, 2.24) is 20.1 Å². The van der Waals surface area contributed by atoms with E-state index in [0.717, 1.165) is 56.1 Å². The number of piperidine rings is 1. The number of nitrogens with one attached hydrogen (secondary N) is 1. The summed E-state index contributed by atoms with van der Waals surface area (Å²) in [5.74, 6) is 1.79. The Morgan fingerprint density at radius 1 is 1.17 bits per heavy atom. The van der Waals surface area contributed by atoms with Gasteiger partial charge < -0.3 is 9.88 Å². The number of allylic oxidation sites excluding steroid dienone is 2. The molecule has 5 heteroatoms. The summed E-state index contributed by atoms with van der Waals surface area (Å²) in [4.78, 5) is 0. The van der Waals surface area contributed by atoms with Crippen molar-refractivity contribution in [3.63, 3.8) is 0 Å².